The summed E-state index contributed by atoms with van der Waals surface area (Å²) in [6.45, 7) is 4.29. The Morgan fingerprint density at radius 2 is 2.12 bits per heavy atom. The van der Waals surface area contributed by atoms with Gasteiger partial charge in [-0.1, -0.05) is 13.8 Å². The Kier molecular flexibility index (Phi) is 5.38. The molecular formula is C16H22N4O4. The van der Waals surface area contributed by atoms with E-state index in [2.05, 4.69) is 10.3 Å². The van der Waals surface area contributed by atoms with E-state index in [4.69, 9.17) is 5.11 Å². The van der Waals surface area contributed by atoms with E-state index in [0.29, 0.717) is 18.7 Å². The molecule has 3 amide bonds. The third-order valence-electron chi connectivity index (χ3n) is 3.98. The van der Waals surface area contributed by atoms with Crippen LogP contribution in [0.1, 0.15) is 30.8 Å². The van der Waals surface area contributed by atoms with Crippen molar-refractivity contribution in [2.45, 2.75) is 26.3 Å². The second-order valence-corrected chi connectivity index (χ2v) is 6.14. The summed E-state index contributed by atoms with van der Waals surface area (Å²) >= 11 is 0. The lowest BCUT2D eigenvalue weighted by Gasteiger charge is -2.20. The third-order valence-corrected chi connectivity index (χ3v) is 3.98. The minimum atomic E-state index is -0.985. The fraction of sp³-hybridized carbons (Fsp3) is 0.500. The first-order valence-corrected chi connectivity index (χ1v) is 7.82. The summed E-state index contributed by atoms with van der Waals surface area (Å²) in [7, 11) is 1.65. The van der Waals surface area contributed by atoms with Gasteiger partial charge in [0.1, 0.15) is 5.69 Å². The molecule has 1 aliphatic rings. The van der Waals surface area contributed by atoms with Gasteiger partial charge in [0.2, 0.25) is 5.91 Å². The number of anilines is 1. The number of pyridine rings is 1. The molecule has 2 N–H and O–H groups in total. The van der Waals surface area contributed by atoms with Gasteiger partial charge in [0, 0.05) is 44.0 Å². The highest BCUT2D eigenvalue weighted by atomic mass is 16.4. The molecule has 1 saturated heterocycles. The molecule has 130 valence electrons. The standard InChI is InChI=1S/C16H22N4O4/c1-10(2)15(22)19(3)12-4-6-17-13(8-12)14(21)18-11-5-7-20(9-11)16(23)24/h4,6,8,10-11H,5,7,9H2,1-3H3,(H,18,21)(H,23,24)/t11-/m1/s1. The van der Waals surface area contributed by atoms with Crippen LogP contribution in [-0.4, -0.2) is 59.1 Å². The van der Waals surface area contributed by atoms with Crippen LogP contribution in [0.3, 0.4) is 0 Å². The third kappa shape index (κ3) is 4.01. The van der Waals surface area contributed by atoms with Gasteiger partial charge < -0.3 is 20.2 Å². The highest BCUT2D eigenvalue weighted by molar-refractivity contribution is 5.97. The quantitative estimate of drug-likeness (QED) is 0.861. The van der Waals surface area contributed by atoms with Gasteiger partial charge in [-0.2, -0.15) is 0 Å². The average Bonchev–Trinajstić information content (AvgIpc) is 3.02. The Morgan fingerprint density at radius 1 is 1.42 bits per heavy atom. The molecule has 0 bridgehead atoms. The van der Waals surface area contributed by atoms with Crippen molar-refractivity contribution in [2.24, 2.45) is 5.92 Å². The smallest absolute Gasteiger partial charge is 0.407 e. The molecule has 24 heavy (non-hydrogen) atoms. The zero-order valence-electron chi connectivity index (χ0n) is 14.0. The molecule has 0 aliphatic carbocycles. The summed E-state index contributed by atoms with van der Waals surface area (Å²) in [6, 6.07) is 2.99. The zero-order chi connectivity index (χ0) is 17.9. The first-order valence-electron chi connectivity index (χ1n) is 7.82. The molecule has 0 saturated carbocycles. The number of nitrogens with one attached hydrogen (secondary N) is 1. The van der Waals surface area contributed by atoms with Crippen LogP contribution < -0.4 is 10.2 Å². The van der Waals surface area contributed by atoms with Crippen molar-refractivity contribution in [3.63, 3.8) is 0 Å². The number of hydrogen-bond donors (Lipinski definition) is 2. The van der Waals surface area contributed by atoms with E-state index >= 15 is 0 Å². The van der Waals surface area contributed by atoms with Gasteiger partial charge in [-0.15, -0.1) is 0 Å². The van der Waals surface area contributed by atoms with Gasteiger partial charge in [0.05, 0.1) is 0 Å². The Bertz CT molecular complexity index is 647. The summed E-state index contributed by atoms with van der Waals surface area (Å²) in [4.78, 5) is 42.1. The van der Waals surface area contributed by atoms with Crippen molar-refractivity contribution >= 4 is 23.6 Å². The highest BCUT2D eigenvalue weighted by Gasteiger charge is 2.27. The van der Waals surface area contributed by atoms with E-state index in [-0.39, 0.29) is 36.0 Å². The Labute approximate surface area is 140 Å². The number of hydrogen-bond acceptors (Lipinski definition) is 4. The van der Waals surface area contributed by atoms with Crippen LogP contribution in [0.25, 0.3) is 0 Å². The minimum Gasteiger partial charge on any atom is -0.465 e. The normalized spacial score (nSPS) is 17.0. The van der Waals surface area contributed by atoms with E-state index in [1.54, 1.807) is 19.2 Å². The van der Waals surface area contributed by atoms with Crippen LogP contribution in [-0.2, 0) is 4.79 Å². The average molecular weight is 334 g/mol. The first kappa shape index (κ1) is 17.7. The second kappa shape index (κ2) is 7.29. The van der Waals surface area contributed by atoms with E-state index in [0.717, 1.165) is 0 Å². The molecule has 1 aromatic heterocycles. The van der Waals surface area contributed by atoms with Gasteiger partial charge >= 0.3 is 6.09 Å². The van der Waals surface area contributed by atoms with Gasteiger partial charge in [-0.3, -0.25) is 14.6 Å². The number of rotatable bonds is 4. The van der Waals surface area contributed by atoms with Crippen LogP contribution in [0.4, 0.5) is 10.5 Å². The fourth-order valence-electron chi connectivity index (χ4n) is 2.58. The van der Waals surface area contributed by atoms with E-state index in [9.17, 15) is 14.4 Å². The lowest BCUT2D eigenvalue weighted by molar-refractivity contribution is -0.121. The Hall–Kier alpha value is -2.64. The van der Waals surface area contributed by atoms with Crippen molar-refractivity contribution in [3.05, 3.63) is 24.0 Å². The highest BCUT2D eigenvalue weighted by Crippen LogP contribution is 2.16. The number of carboxylic acid groups (broad SMARTS) is 1. The number of carbonyl (C=O) groups is 3. The molecule has 0 radical (unpaired) electrons. The largest absolute Gasteiger partial charge is 0.465 e. The van der Waals surface area contributed by atoms with Gasteiger partial charge in [-0.25, -0.2) is 4.79 Å². The maximum atomic E-state index is 12.3. The van der Waals surface area contributed by atoms with E-state index < -0.39 is 6.09 Å². The summed E-state index contributed by atoms with van der Waals surface area (Å²) in [6.07, 6.45) is 1.07. The van der Waals surface area contributed by atoms with E-state index in [1.807, 2.05) is 13.8 Å². The summed E-state index contributed by atoms with van der Waals surface area (Å²) < 4.78 is 0. The summed E-state index contributed by atoms with van der Waals surface area (Å²) in [5, 5.41) is 11.7. The zero-order valence-corrected chi connectivity index (χ0v) is 14.0. The number of amides is 3. The lowest BCUT2D eigenvalue weighted by Crippen LogP contribution is -2.38. The molecule has 1 aliphatic heterocycles. The number of aromatic nitrogens is 1. The summed E-state index contributed by atoms with van der Waals surface area (Å²) in [5.41, 5.74) is 0.789. The van der Waals surface area contributed by atoms with Crippen molar-refractivity contribution in [1.82, 2.24) is 15.2 Å². The van der Waals surface area contributed by atoms with Gasteiger partial charge in [-0.05, 0) is 18.6 Å². The second-order valence-electron chi connectivity index (χ2n) is 6.14. The van der Waals surface area contributed by atoms with Crippen molar-refractivity contribution in [3.8, 4) is 0 Å². The molecule has 1 atom stereocenters. The van der Waals surface area contributed by atoms with Crippen LogP contribution in [0.2, 0.25) is 0 Å². The maximum absolute atomic E-state index is 12.3. The fourth-order valence-corrected chi connectivity index (χ4v) is 2.58. The van der Waals surface area contributed by atoms with Crippen LogP contribution in [0.15, 0.2) is 18.3 Å². The topological polar surface area (TPSA) is 103 Å². The predicted octanol–water partition coefficient (Wildman–Crippen LogP) is 1.18. The van der Waals surface area contributed by atoms with Crippen molar-refractivity contribution < 1.29 is 19.5 Å². The number of likely N-dealkylation sites (tertiary alicyclic amines) is 1. The molecule has 1 aromatic rings. The number of nitrogens with zero attached hydrogens (tertiary/aromatic N) is 3. The van der Waals surface area contributed by atoms with Gasteiger partial charge in [0.15, 0.2) is 0 Å². The first-order chi connectivity index (χ1) is 11.3. The minimum absolute atomic E-state index is 0.0551. The SMILES string of the molecule is CC(C)C(=O)N(C)c1ccnc(C(=O)N[C@@H]2CCN(C(=O)O)C2)c1. The monoisotopic (exact) mass is 334 g/mol. The molecule has 8 heteroatoms. The van der Waals surface area contributed by atoms with Gasteiger partial charge in [0.25, 0.3) is 5.91 Å². The Balaban J connectivity index is 2.04. The predicted molar refractivity (Wildman–Crippen MR) is 88.0 cm³/mol. The molecule has 2 rings (SSSR count). The van der Waals surface area contributed by atoms with Crippen LogP contribution >= 0.6 is 0 Å². The molecule has 8 nitrogen and oxygen atoms in total. The van der Waals surface area contributed by atoms with Crippen molar-refractivity contribution in [1.29, 1.82) is 0 Å². The molecule has 2 heterocycles. The number of carbonyl (C=O) groups excluding carboxylic acids is 2. The maximum Gasteiger partial charge on any atom is 0.407 e. The Morgan fingerprint density at radius 3 is 2.71 bits per heavy atom. The lowest BCUT2D eigenvalue weighted by atomic mass is 10.2. The molecule has 0 unspecified atom stereocenters. The molecule has 1 fully saturated rings. The molecular weight excluding hydrogens is 312 g/mol. The van der Waals surface area contributed by atoms with Crippen molar-refractivity contribution in [2.75, 3.05) is 25.0 Å². The van der Waals surface area contributed by atoms with Crippen LogP contribution in [0, 0.1) is 5.92 Å². The van der Waals surface area contributed by atoms with E-state index in [1.165, 1.54) is 16.0 Å². The summed E-state index contributed by atoms with van der Waals surface area (Å²) in [5.74, 6) is -0.583. The molecule has 0 aromatic carbocycles. The molecule has 0 spiro atoms. The van der Waals surface area contributed by atoms with Crippen LogP contribution in [0.5, 0.6) is 0 Å².